The van der Waals surface area contributed by atoms with Gasteiger partial charge in [0.1, 0.15) is 5.01 Å². The average molecular weight is 496 g/mol. The second-order valence-corrected chi connectivity index (χ2v) is 10.8. The van der Waals surface area contributed by atoms with Gasteiger partial charge in [0, 0.05) is 22.2 Å². The molecule has 2 heterocycles. The zero-order chi connectivity index (χ0) is 25.0. The first-order valence-electron chi connectivity index (χ1n) is 12.5. The zero-order valence-corrected chi connectivity index (χ0v) is 21.5. The molecular weight excluding hydrogens is 470 g/mol. The van der Waals surface area contributed by atoms with E-state index in [9.17, 15) is 0 Å². The Kier molecular flexibility index (Phi) is 4.98. The largest absolute Gasteiger partial charge is 0.310 e. The van der Waals surface area contributed by atoms with Gasteiger partial charge in [0.05, 0.1) is 11.4 Å². The van der Waals surface area contributed by atoms with Crippen molar-refractivity contribution in [1.82, 2.24) is 9.36 Å². The molecule has 1 aromatic heterocycles. The van der Waals surface area contributed by atoms with Crippen LogP contribution in [0, 0.1) is 0 Å². The van der Waals surface area contributed by atoms with Crippen molar-refractivity contribution in [3.05, 3.63) is 126 Å². The molecule has 0 radical (unpaired) electrons. The summed E-state index contributed by atoms with van der Waals surface area (Å²) in [6.45, 7) is 4.63. The molecule has 178 valence electrons. The van der Waals surface area contributed by atoms with Crippen LogP contribution >= 0.6 is 11.5 Å². The number of aromatic nitrogens is 2. The molecule has 0 N–H and O–H groups in total. The summed E-state index contributed by atoms with van der Waals surface area (Å²) in [7, 11) is 0. The number of para-hydroxylation sites is 1. The lowest BCUT2D eigenvalue weighted by molar-refractivity contribution is 0.632. The summed E-state index contributed by atoms with van der Waals surface area (Å²) in [4.78, 5) is 7.31. The van der Waals surface area contributed by atoms with E-state index >= 15 is 0 Å². The second-order valence-electron chi connectivity index (χ2n) is 10.0. The van der Waals surface area contributed by atoms with E-state index in [4.69, 9.17) is 9.36 Å². The van der Waals surface area contributed by atoms with E-state index in [1.165, 1.54) is 44.8 Å². The molecule has 0 amide bonds. The van der Waals surface area contributed by atoms with E-state index in [1.54, 1.807) is 0 Å². The van der Waals surface area contributed by atoms with Crippen molar-refractivity contribution in [3.63, 3.8) is 0 Å². The van der Waals surface area contributed by atoms with Crippen LogP contribution in [0.25, 0.3) is 32.7 Å². The van der Waals surface area contributed by atoms with Gasteiger partial charge >= 0.3 is 0 Å². The SMILES string of the molecule is CC1(C)c2ccccc2N(c2ccc3ccccc3c2)c2cc(-c3nsc(-c4ccccc4)n3)ccc21. The van der Waals surface area contributed by atoms with Crippen LogP contribution in [0.15, 0.2) is 115 Å². The molecule has 7 rings (SSSR count). The highest BCUT2D eigenvalue weighted by Gasteiger charge is 2.37. The number of nitrogens with zero attached hydrogens (tertiary/aromatic N) is 3. The van der Waals surface area contributed by atoms with Gasteiger partial charge in [-0.1, -0.05) is 105 Å². The molecule has 37 heavy (non-hydrogen) atoms. The summed E-state index contributed by atoms with van der Waals surface area (Å²) in [6.07, 6.45) is 0. The third-order valence-corrected chi connectivity index (χ3v) is 8.19. The Morgan fingerprint density at radius 2 is 1.35 bits per heavy atom. The summed E-state index contributed by atoms with van der Waals surface area (Å²) < 4.78 is 4.74. The quantitative estimate of drug-likeness (QED) is 0.245. The number of hydrogen-bond donors (Lipinski definition) is 0. The van der Waals surface area contributed by atoms with Crippen molar-refractivity contribution in [2.45, 2.75) is 19.3 Å². The number of anilines is 3. The van der Waals surface area contributed by atoms with E-state index < -0.39 is 0 Å². The third-order valence-electron chi connectivity index (χ3n) is 7.43. The van der Waals surface area contributed by atoms with Gasteiger partial charge in [-0.05, 0) is 57.7 Å². The summed E-state index contributed by atoms with van der Waals surface area (Å²) in [5, 5.41) is 3.41. The molecule has 0 spiro atoms. The van der Waals surface area contributed by atoms with Crippen molar-refractivity contribution in [1.29, 1.82) is 0 Å². The van der Waals surface area contributed by atoms with Gasteiger partial charge in [0.25, 0.3) is 0 Å². The molecule has 6 aromatic rings. The fourth-order valence-electron chi connectivity index (χ4n) is 5.49. The topological polar surface area (TPSA) is 29.0 Å². The number of hydrogen-bond acceptors (Lipinski definition) is 4. The fourth-order valence-corrected chi connectivity index (χ4v) is 6.18. The predicted octanol–water partition coefficient (Wildman–Crippen LogP) is 9.13. The number of benzene rings is 5. The lowest BCUT2D eigenvalue weighted by Gasteiger charge is -2.42. The highest BCUT2D eigenvalue weighted by Crippen LogP contribution is 2.52. The monoisotopic (exact) mass is 495 g/mol. The van der Waals surface area contributed by atoms with E-state index in [1.807, 2.05) is 18.2 Å². The van der Waals surface area contributed by atoms with Crippen molar-refractivity contribution in [3.8, 4) is 22.0 Å². The first-order chi connectivity index (χ1) is 18.1. The van der Waals surface area contributed by atoms with Gasteiger partial charge < -0.3 is 4.90 Å². The normalized spacial score (nSPS) is 13.8. The molecule has 0 saturated heterocycles. The maximum Gasteiger partial charge on any atom is 0.173 e. The summed E-state index contributed by atoms with van der Waals surface area (Å²) in [6, 6.07) is 41.0. The maximum absolute atomic E-state index is 4.91. The molecule has 0 saturated carbocycles. The van der Waals surface area contributed by atoms with Crippen molar-refractivity contribution < 1.29 is 0 Å². The van der Waals surface area contributed by atoms with E-state index in [2.05, 4.69) is 116 Å². The van der Waals surface area contributed by atoms with Crippen LogP contribution in [0.1, 0.15) is 25.0 Å². The minimum atomic E-state index is -0.136. The number of fused-ring (bicyclic) bond motifs is 3. The zero-order valence-electron chi connectivity index (χ0n) is 20.7. The van der Waals surface area contributed by atoms with Crippen molar-refractivity contribution >= 4 is 39.4 Å². The fraction of sp³-hybridized carbons (Fsp3) is 0.0909. The third kappa shape index (κ3) is 3.56. The highest BCUT2D eigenvalue weighted by molar-refractivity contribution is 7.09. The van der Waals surface area contributed by atoms with Gasteiger partial charge in [-0.2, -0.15) is 4.37 Å². The van der Waals surface area contributed by atoms with E-state index in [0.717, 1.165) is 27.6 Å². The molecule has 3 nitrogen and oxygen atoms in total. The van der Waals surface area contributed by atoms with E-state index in [-0.39, 0.29) is 5.41 Å². The van der Waals surface area contributed by atoms with Gasteiger partial charge in [0.2, 0.25) is 0 Å². The summed E-state index contributed by atoms with van der Waals surface area (Å²) in [5.41, 5.74) is 8.13. The molecule has 0 aliphatic carbocycles. The Balaban J connectivity index is 1.42. The van der Waals surface area contributed by atoms with Gasteiger partial charge in [-0.15, -0.1) is 0 Å². The molecule has 4 heteroatoms. The van der Waals surface area contributed by atoms with Crippen LogP contribution in [-0.2, 0) is 5.41 Å². The Bertz CT molecular complexity index is 1770. The Morgan fingerprint density at radius 3 is 2.22 bits per heavy atom. The van der Waals surface area contributed by atoms with Crippen LogP contribution in [-0.4, -0.2) is 9.36 Å². The molecule has 5 aromatic carbocycles. The molecule has 0 atom stereocenters. The molecular formula is C33H25N3S. The van der Waals surface area contributed by atoms with Crippen LogP contribution < -0.4 is 4.90 Å². The minimum Gasteiger partial charge on any atom is -0.310 e. The Labute approximate surface area is 220 Å². The van der Waals surface area contributed by atoms with Crippen LogP contribution in [0.5, 0.6) is 0 Å². The Hall–Kier alpha value is -4.28. The molecule has 0 bridgehead atoms. The first-order valence-corrected chi connectivity index (χ1v) is 13.3. The number of rotatable bonds is 3. The molecule has 1 aliphatic rings. The second kappa shape index (κ2) is 8.39. The van der Waals surface area contributed by atoms with Crippen LogP contribution in [0.2, 0.25) is 0 Å². The van der Waals surface area contributed by atoms with Crippen LogP contribution in [0.4, 0.5) is 17.1 Å². The average Bonchev–Trinajstić information content (AvgIpc) is 3.44. The summed E-state index contributed by atoms with van der Waals surface area (Å²) >= 11 is 1.45. The molecule has 1 aliphatic heterocycles. The van der Waals surface area contributed by atoms with Crippen molar-refractivity contribution in [2.24, 2.45) is 0 Å². The molecule has 0 unspecified atom stereocenters. The standard InChI is InChI=1S/C33H25N3S/c1-33(2)27-14-8-9-15-29(27)36(26-18-16-22-10-6-7-13-24(22)20-26)30-21-25(17-19-28(30)33)31-34-32(37-35-31)23-11-4-3-5-12-23/h3-21H,1-2H3. The first kappa shape index (κ1) is 22.0. The van der Waals surface area contributed by atoms with Crippen molar-refractivity contribution in [2.75, 3.05) is 4.90 Å². The van der Waals surface area contributed by atoms with Gasteiger partial charge in [-0.3, -0.25) is 0 Å². The minimum absolute atomic E-state index is 0.136. The van der Waals surface area contributed by atoms with Gasteiger partial charge in [0.15, 0.2) is 5.82 Å². The summed E-state index contributed by atoms with van der Waals surface area (Å²) in [5.74, 6) is 0.766. The van der Waals surface area contributed by atoms with E-state index in [0.29, 0.717) is 0 Å². The molecule has 0 fully saturated rings. The lowest BCUT2D eigenvalue weighted by atomic mass is 9.73. The Morgan fingerprint density at radius 1 is 0.622 bits per heavy atom. The maximum atomic E-state index is 4.91. The smallest absolute Gasteiger partial charge is 0.173 e. The highest BCUT2D eigenvalue weighted by atomic mass is 32.1. The van der Waals surface area contributed by atoms with Crippen LogP contribution in [0.3, 0.4) is 0 Å². The lowest BCUT2D eigenvalue weighted by Crippen LogP contribution is -2.30. The predicted molar refractivity (Wildman–Crippen MR) is 155 cm³/mol. The van der Waals surface area contributed by atoms with Gasteiger partial charge in [-0.25, -0.2) is 4.98 Å².